The van der Waals surface area contributed by atoms with E-state index in [1.807, 2.05) is 0 Å². The number of nitrogens with one attached hydrogen (secondary N) is 1. The highest BCUT2D eigenvalue weighted by Gasteiger charge is 2.35. The Morgan fingerprint density at radius 1 is 0.808 bits per heavy atom. The van der Waals surface area contributed by atoms with Crippen LogP contribution < -0.4 is 5.32 Å². The van der Waals surface area contributed by atoms with Crippen molar-refractivity contribution < 1.29 is 4.79 Å². The molecule has 0 aromatic heterocycles. The quantitative estimate of drug-likeness (QED) is 0.777. The van der Waals surface area contributed by atoms with Crippen LogP contribution >= 0.6 is 24.8 Å². The maximum atomic E-state index is 12.7. The van der Waals surface area contributed by atoms with Crippen molar-refractivity contribution in [1.29, 1.82) is 0 Å². The van der Waals surface area contributed by atoms with Crippen molar-refractivity contribution in [3.8, 4) is 0 Å². The molecule has 2 unspecified atom stereocenters. The number of carbonyl (C=O) groups is 1. The van der Waals surface area contributed by atoms with Gasteiger partial charge >= 0.3 is 0 Å². The molecule has 4 nitrogen and oxygen atoms in total. The van der Waals surface area contributed by atoms with Gasteiger partial charge in [0.1, 0.15) is 0 Å². The number of halogens is 2. The predicted molar refractivity (Wildman–Crippen MR) is 111 cm³/mol. The largest absolute Gasteiger partial charge is 0.340 e. The third kappa shape index (κ3) is 5.73. The molecular formula is C20H37Cl2N3O. The van der Waals surface area contributed by atoms with Crippen molar-refractivity contribution >= 4 is 30.7 Å². The van der Waals surface area contributed by atoms with E-state index in [2.05, 4.69) is 15.1 Å². The number of hydrogen-bond acceptors (Lipinski definition) is 3. The normalized spacial score (nSPS) is 32.6. The molecule has 1 saturated carbocycles. The van der Waals surface area contributed by atoms with Gasteiger partial charge in [-0.2, -0.15) is 0 Å². The maximum Gasteiger partial charge on any atom is 0.222 e. The Labute approximate surface area is 171 Å². The molecule has 4 aliphatic rings. The van der Waals surface area contributed by atoms with Gasteiger partial charge in [0.2, 0.25) is 5.91 Å². The van der Waals surface area contributed by atoms with Crippen molar-refractivity contribution in [2.45, 2.75) is 76.3 Å². The fourth-order valence-electron chi connectivity index (χ4n) is 5.63. The van der Waals surface area contributed by atoms with Crippen molar-refractivity contribution in [2.75, 3.05) is 32.7 Å². The number of fused-ring (bicyclic) bond motifs is 2. The molecule has 1 aliphatic carbocycles. The Kier molecular flexibility index (Phi) is 8.99. The minimum Gasteiger partial charge on any atom is -0.340 e. The molecule has 0 radical (unpaired) electrons. The average Bonchev–Trinajstić information content (AvgIpc) is 2.95. The molecule has 3 heterocycles. The van der Waals surface area contributed by atoms with Gasteiger partial charge in [0.15, 0.2) is 0 Å². The van der Waals surface area contributed by atoms with Crippen LogP contribution in [0, 0.1) is 11.8 Å². The monoisotopic (exact) mass is 405 g/mol. The number of nitrogens with zero attached hydrogens (tertiary/aromatic N) is 2. The molecule has 1 N–H and O–H groups in total. The third-order valence-electron chi connectivity index (χ3n) is 7.00. The summed E-state index contributed by atoms with van der Waals surface area (Å²) >= 11 is 0. The topological polar surface area (TPSA) is 35.6 Å². The first kappa shape index (κ1) is 22.3. The van der Waals surface area contributed by atoms with Gasteiger partial charge in [-0.15, -0.1) is 24.8 Å². The summed E-state index contributed by atoms with van der Waals surface area (Å²) in [4.78, 5) is 17.5. The Morgan fingerprint density at radius 3 is 2.04 bits per heavy atom. The molecule has 26 heavy (non-hydrogen) atoms. The van der Waals surface area contributed by atoms with E-state index in [1.165, 1.54) is 64.3 Å². The minimum atomic E-state index is 0. The van der Waals surface area contributed by atoms with Crippen LogP contribution in [0.25, 0.3) is 0 Å². The van der Waals surface area contributed by atoms with E-state index in [0.717, 1.165) is 38.5 Å². The summed E-state index contributed by atoms with van der Waals surface area (Å²) in [6.45, 7) is 5.39. The highest BCUT2D eigenvalue weighted by molar-refractivity contribution is 5.85. The Balaban J connectivity index is 0.00000121. The van der Waals surface area contributed by atoms with Crippen LogP contribution in [0.5, 0.6) is 0 Å². The molecule has 0 aromatic carbocycles. The first-order chi connectivity index (χ1) is 11.8. The molecule has 4 rings (SSSR count). The standard InChI is InChI=1S/C20H35N3O.2ClH/c24-20(14-17-12-18-6-7-19(13-17)21-18)23-10-8-22(9-11-23)15-16-4-2-1-3-5-16;;/h16-19,21H,1-15H2;2*1H. The van der Waals surface area contributed by atoms with E-state index in [0.29, 0.717) is 23.9 Å². The number of amides is 1. The maximum absolute atomic E-state index is 12.7. The van der Waals surface area contributed by atoms with Crippen molar-refractivity contribution in [3.05, 3.63) is 0 Å². The summed E-state index contributed by atoms with van der Waals surface area (Å²) in [6, 6.07) is 1.41. The Morgan fingerprint density at radius 2 is 1.42 bits per heavy atom. The summed E-state index contributed by atoms with van der Waals surface area (Å²) < 4.78 is 0. The zero-order chi connectivity index (χ0) is 16.4. The van der Waals surface area contributed by atoms with Gasteiger partial charge < -0.3 is 10.2 Å². The summed E-state index contributed by atoms with van der Waals surface area (Å²) in [7, 11) is 0. The highest BCUT2D eigenvalue weighted by atomic mass is 35.5. The smallest absolute Gasteiger partial charge is 0.222 e. The fourth-order valence-corrected chi connectivity index (χ4v) is 5.63. The van der Waals surface area contributed by atoms with E-state index >= 15 is 0 Å². The predicted octanol–water partition coefficient (Wildman–Crippen LogP) is 3.48. The molecule has 3 aliphatic heterocycles. The Hall–Kier alpha value is -0.0300. The summed E-state index contributed by atoms with van der Waals surface area (Å²) in [5, 5.41) is 3.69. The first-order valence-corrected chi connectivity index (χ1v) is 10.5. The van der Waals surface area contributed by atoms with Crippen molar-refractivity contribution in [2.24, 2.45) is 11.8 Å². The second-order valence-electron chi connectivity index (χ2n) is 8.86. The van der Waals surface area contributed by atoms with E-state index in [4.69, 9.17) is 0 Å². The minimum absolute atomic E-state index is 0. The number of piperidine rings is 1. The summed E-state index contributed by atoms with van der Waals surface area (Å²) in [5.41, 5.74) is 0. The summed E-state index contributed by atoms with van der Waals surface area (Å²) in [5.74, 6) is 1.99. The lowest BCUT2D eigenvalue weighted by atomic mass is 9.88. The van der Waals surface area contributed by atoms with Gasteiger partial charge in [-0.25, -0.2) is 0 Å². The van der Waals surface area contributed by atoms with E-state index in [1.54, 1.807) is 0 Å². The molecule has 2 bridgehead atoms. The number of piperazine rings is 1. The van der Waals surface area contributed by atoms with E-state index in [9.17, 15) is 4.79 Å². The molecular weight excluding hydrogens is 369 g/mol. The second kappa shape index (κ2) is 10.5. The van der Waals surface area contributed by atoms with Gasteiger partial charge in [-0.1, -0.05) is 19.3 Å². The third-order valence-corrected chi connectivity index (χ3v) is 7.00. The van der Waals surface area contributed by atoms with Crippen LogP contribution in [-0.4, -0.2) is 60.5 Å². The van der Waals surface area contributed by atoms with E-state index in [-0.39, 0.29) is 24.8 Å². The SMILES string of the molecule is Cl.Cl.O=C(CC1CC2CCC(C1)N2)N1CCN(CC2CCCCC2)CC1. The average molecular weight is 406 g/mol. The lowest BCUT2D eigenvalue weighted by molar-refractivity contribution is -0.134. The highest BCUT2D eigenvalue weighted by Crippen LogP contribution is 2.33. The van der Waals surface area contributed by atoms with Crippen molar-refractivity contribution in [1.82, 2.24) is 15.1 Å². The van der Waals surface area contributed by atoms with Crippen LogP contribution in [0.15, 0.2) is 0 Å². The number of hydrogen-bond donors (Lipinski definition) is 1. The molecule has 1 amide bonds. The zero-order valence-corrected chi connectivity index (χ0v) is 17.7. The van der Waals surface area contributed by atoms with Crippen LogP contribution in [0.2, 0.25) is 0 Å². The molecule has 2 atom stereocenters. The van der Waals surface area contributed by atoms with Crippen LogP contribution in [0.3, 0.4) is 0 Å². The molecule has 0 aromatic rings. The van der Waals surface area contributed by atoms with Crippen LogP contribution in [-0.2, 0) is 4.79 Å². The lowest BCUT2D eigenvalue weighted by Crippen LogP contribution is -2.50. The zero-order valence-electron chi connectivity index (χ0n) is 16.0. The second-order valence-corrected chi connectivity index (χ2v) is 8.86. The number of carbonyl (C=O) groups excluding carboxylic acids is 1. The fraction of sp³-hybridized carbons (Fsp3) is 0.950. The van der Waals surface area contributed by atoms with Gasteiger partial charge in [0.25, 0.3) is 0 Å². The number of rotatable bonds is 4. The van der Waals surface area contributed by atoms with Gasteiger partial charge in [-0.05, 0) is 50.4 Å². The molecule has 3 saturated heterocycles. The molecule has 152 valence electrons. The van der Waals surface area contributed by atoms with Crippen molar-refractivity contribution in [3.63, 3.8) is 0 Å². The molecule has 0 spiro atoms. The van der Waals surface area contributed by atoms with E-state index < -0.39 is 0 Å². The lowest BCUT2D eigenvalue weighted by Gasteiger charge is -2.38. The first-order valence-electron chi connectivity index (χ1n) is 10.5. The van der Waals surface area contributed by atoms with Gasteiger partial charge in [0, 0.05) is 51.2 Å². The molecule has 6 heteroatoms. The Bertz CT molecular complexity index is 425. The summed E-state index contributed by atoms with van der Waals surface area (Å²) in [6.07, 6.45) is 13.1. The molecule has 4 fully saturated rings. The van der Waals surface area contributed by atoms with Gasteiger partial charge in [-0.3, -0.25) is 9.69 Å². The van der Waals surface area contributed by atoms with Crippen LogP contribution in [0.1, 0.15) is 64.2 Å². The van der Waals surface area contributed by atoms with Gasteiger partial charge in [0.05, 0.1) is 0 Å². The van der Waals surface area contributed by atoms with Crippen LogP contribution in [0.4, 0.5) is 0 Å².